The summed E-state index contributed by atoms with van der Waals surface area (Å²) in [4.78, 5) is 15.2. The van der Waals surface area contributed by atoms with Crippen molar-refractivity contribution in [2.75, 3.05) is 0 Å². The number of nitrogens with zero attached hydrogens (tertiary/aromatic N) is 3. The van der Waals surface area contributed by atoms with E-state index < -0.39 is 0 Å². The molecule has 0 saturated heterocycles. The number of fused-ring (bicyclic) bond motifs is 6. The van der Waals surface area contributed by atoms with Gasteiger partial charge in [0.25, 0.3) is 0 Å². The topological polar surface area (TPSA) is 51.8 Å². The molecule has 0 aliphatic carbocycles. The molecule has 8 aromatic carbocycles. The highest BCUT2D eigenvalue weighted by atomic mass is 16.3. The number of benzene rings is 8. The van der Waals surface area contributed by atoms with Gasteiger partial charge in [-0.05, 0) is 62.5 Å². The molecule has 4 nitrogen and oxygen atoms in total. The third kappa shape index (κ3) is 4.96. The summed E-state index contributed by atoms with van der Waals surface area (Å²) in [5.41, 5.74) is 8.88. The fourth-order valence-electron chi connectivity index (χ4n) is 7.34. The number of furan rings is 1. The second-order valence-corrected chi connectivity index (χ2v) is 12.8. The second-order valence-electron chi connectivity index (χ2n) is 12.8. The highest BCUT2D eigenvalue weighted by Crippen LogP contribution is 2.43. The lowest BCUT2D eigenvalue weighted by molar-refractivity contribution is 0.669. The number of hydrogen-bond donors (Lipinski definition) is 0. The number of hydrogen-bond acceptors (Lipinski definition) is 4. The summed E-state index contributed by atoms with van der Waals surface area (Å²) in [6.45, 7) is 0. The lowest BCUT2D eigenvalue weighted by Gasteiger charge is -2.15. The van der Waals surface area contributed by atoms with Crippen LogP contribution in [0.1, 0.15) is 0 Å². The van der Waals surface area contributed by atoms with Gasteiger partial charge in [-0.2, -0.15) is 0 Å². The van der Waals surface area contributed by atoms with Crippen molar-refractivity contribution < 1.29 is 4.42 Å². The minimum Gasteiger partial charge on any atom is -0.456 e. The van der Waals surface area contributed by atoms with E-state index >= 15 is 0 Å². The second kappa shape index (κ2) is 11.9. The quantitative estimate of drug-likeness (QED) is 0.174. The molecule has 0 bridgehead atoms. The van der Waals surface area contributed by atoms with Gasteiger partial charge in [0.2, 0.25) is 0 Å². The van der Waals surface area contributed by atoms with Crippen molar-refractivity contribution in [3.05, 3.63) is 176 Å². The highest BCUT2D eigenvalue weighted by molar-refractivity contribution is 6.16. The molecule has 0 spiro atoms. The highest BCUT2D eigenvalue weighted by Gasteiger charge is 2.21. The van der Waals surface area contributed by atoms with Gasteiger partial charge in [-0.1, -0.05) is 152 Å². The zero-order valence-electron chi connectivity index (χ0n) is 27.5. The van der Waals surface area contributed by atoms with E-state index in [9.17, 15) is 0 Å². The van der Waals surface area contributed by atoms with Crippen LogP contribution in [0.15, 0.2) is 180 Å². The fraction of sp³-hybridized carbons (Fsp3) is 0. The molecule has 0 atom stereocenters. The maximum Gasteiger partial charge on any atom is 0.164 e. The zero-order chi connectivity index (χ0) is 33.7. The molecular weight excluding hydrogens is 623 g/mol. The molecule has 238 valence electrons. The van der Waals surface area contributed by atoms with E-state index in [4.69, 9.17) is 19.4 Å². The van der Waals surface area contributed by atoms with E-state index in [-0.39, 0.29) is 0 Å². The van der Waals surface area contributed by atoms with E-state index in [0.717, 1.165) is 55.3 Å². The van der Waals surface area contributed by atoms with E-state index in [2.05, 4.69) is 97.1 Å². The first-order chi connectivity index (χ1) is 25.3. The van der Waals surface area contributed by atoms with Gasteiger partial charge >= 0.3 is 0 Å². The van der Waals surface area contributed by atoms with Crippen molar-refractivity contribution in [1.29, 1.82) is 0 Å². The molecule has 51 heavy (non-hydrogen) atoms. The Morgan fingerprint density at radius 1 is 0.333 bits per heavy atom. The Hall–Kier alpha value is -6.91. The van der Waals surface area contributed by atoms with E-state index in [1.54, 1.807) is 0 Å². The van der Waals surface area contributed by atoms with Gasteiger partial charge in [-0.25, -0.2) is 15.0 Å². The average molecular weight is 652 g/mol. The Kier molecular flexibility index (Phi) is 6.78. The van der Waals surface area contributed by atoms with Crippen molar-refractivity contribution in [2.24, 2.45) is 0 Å². The van der Waals surface area contributed by atoms with Crippen molar-refractivity contribution in [1.82, 2.24) is 15.0 Å². The zero-order valence-corrected chi connectivity index (χ0v) is 27.5. The van der Waals surface area contributed by atoms with Gasteiger partial charge < -0.3 is 4.42 Å². The van der Waals surface area contributed by atoms with Crippen LogP contribution >= 0.6 is 0 Å². The first-order valence-corrected chi connectivity index (χ1v) is 17.1. The monoisotopic (exact) mass is 651 g/mol. The molecule has 2 aromatic heterocycles. The van der Waals surface area contributed by atoms with Crippen LogP contribution in [0.2, 0.25) is 0 Å². The van der Waals surface area contributed by atoms with Crippen LogP contribution in [-0.2, 0) is 0 Å². The Morgan fingerprint density at radius 2 is 0.882 bits per heavy atom. The lowest BCUT2D eigenvalue weighted by atomic mass is 9.90. The Labute approximate surface area is 294 Å². The van der Waals surface area contributed by atoms with Gasteiger partial charge in [-0.3, -0.25) is 0 Å². The fourth-order valence-corrected chi connectivity index (χ4v) is 7.34. The van der Waals surface area contributed by atoms with Gasteiger partial charge in [0.1, 0.15) is 11.2 Å². The first kappa shape index (κ1) is 29.0. The Morgan fingerprint density at radius 3 is 1.59 bits per heavy atom. The van der Waals surface area contributed by atoms with E-state index in [0.29, 0.717) is 17.5 Å². The van der Waals surface area contributed by atoms with Crippen molar-refractivity contribution >= 4 is 43.5 Å². The summed E-state index contributed by atoms with van der Waals surface area (Å²) in [6.07, 6.45) is 0. The van der Waals surface area contributed by atoms with Crippen LogP contribution in [0, 0.1) is 0 Å². The molecule has 10 rings (SSSR count). The van der Waals surface area contributed by atoms with Crippen LogP contribution in [0.5, 0.6) is 0 Å². The first-order valence-electron chi connectivity index (χ1n) is 17.1. The van der Waals surface area contributed by atoms with Crippen LogP contribution in [-0.4, -0.2) is 15.0 Å². The number of rotatable bonds is 5. The van der Waals surface area contributed by atoms with Gasteiger partial charge in [0.05, 0.1) is 0 Å². The summed E-state index contributed by atoms with van der Waals surface area (Å²) in [7, 11) is 0. The summed E-state index contributed by atoms with van der Waals surface area (Å²) >= 11 is 0. The normalized spacial score (nSPS) is 11.5. The maximum atomic E-state index is 6.42. The summed E-state index contributed by atoms with van der Waals surface area (Å²) < 4.78 is 6.42. The SMILES string of the molecule is c1ccc(-c2nc(-c3ccccc3)nc(-c3ccc4oc5ccccc5c4c3-c3ccc(-c4cc5ccccc5c5ccccc45)cc3)n2)cc1. The Balaban J connectivity index is 1.21. The van der Waals surface area contributed by atoms with Crippen molar-refractivity contribution in [3.63, 3.8) is 0 Å². The smallest absolute Gasteiger partial charge is 0.164 e. The number of para-hydroxylation sites is 1. The summed E-state index contributed by atoms with van der Waals surface area (Å²) in [6, 6.07) is 61.1. The molecule has 0 fully saturated rings. The number of aromatic nitrogens is 3. The van der Waals surface area contributed by atoms with Crippen molar-refractivity contribution in [3.8, 4) is 56.4 Å². The lowest BCUT2D eigenvalue weighted by Crippen LogP contribution is -2.01. The van der Waals surface area contributed by atoms with E-state index in [1.165, 1.54) is 27.1 Å². The van der Waals surface area contributed by atoms with Gasteiger partial charge in [0, 0.05) is 33.0 Å². The predicted octanol–water partition coefficient (Wildman–Crippen LogP) is 12.4. The van der Waals surface area contributed by atoms with Crippen molar-refractivity contribution in [2.45, 2.75) is 0 Å². The van der Waals surface area contributed by atoms with Crippen LogP contribution < -0.4 is 0 Å². The molecule has 0 saturated carbocycles. The molecule has 10 aromatic rings. The molecule has 0 aliphatic heterocycles. The van der Waals surface area contributed by atoms with Gasteiger partial charge in [-0.15, -0.1) is 0 Å². The molecule has 0 amide bonds. The summed E-state index contributed by atoms with van der Waals surface area (Å²) in [5.74, 6) is 1.86. The molecule has 4 heteroatoms. The molecule has 0 unspecified atom stereocenters. The minimum atomic E-state index is 0.606. The molecular formula is C47H29N3O. The van der Waals surface area contributed by atoms with Crippen LogP contribution in [0.3, 0.4) is 0 Å². The van der Waals surface area contributed by atoms with Crippen LogP contribution in [0.25, 0.3) is 99.9 Å². The van der Waals surface area contributed by atoms with E-state index in [1.807, 2.05) is 78.9 Å². The predicted molar refractivity (Wildman–Crippen MR) is 209 cm³/mol. The molecule has 0 N–H and O–H groups in total. The standard InChI is InChI=1S/C47H29N3O/c1-3-13-32(14-4-1)45-48-46(33-15-5-2-6-16-33)50-47(49-45)39-27-28-42-44(38-21-11-12-22-41(38)51-42)43(39)31-25-23-30(24-26-31)40-29-34-17-7-8-18-35(34)36-19-9-10-20-37(36)40/h1-29H. The molecule has 2 heterocycles. The van der Waals surface area contributed by atoms with Gasteiger partial charge in [0.15, 0.2) is 17.5 Å². The largest absolute Gasteiger partial charge is 0.456 e. The minimum absolute atomic E-state index is 0.606. The third-order valence-electron chi connectivity index (χ3n) is 9.74. The van der Waals surface area contributed by atoms with Crippen LogP contribution in [0.4, 0.5) is 0 Å². The Bertz CT molecular complexity index is 2840. The average Bonchev–Trinajstić information content (AvgIpc) is 3.60. The third-order valence-corrected chi connectivity index (χ3v) is 9.74. The maximum absolute atomic E-state index is 6.42. The molecule has 0 radical (unpaired) electrons. The summed E-state index contributed by atoms with van der Waals surface area (Å²) in [5, 5.41) is 7.07. The molecule has 0 aliphatic rings.